The maximum atomic E-state index is 6.30. The fraction of sp³-hybridized carbons (Fsp3) is 0.419. The lowest BCUT2D eigenvalue weighted by molar-refractivity contribution is 0.191. The van der Waals surface area contributed by atoms with Gasteiger partial charge in [0.2, 0.25) is 0 Å². The van der Waals surface area contributed by atoms with E-state index in [-0.39, 0.29) is 0 Å². The molecule has 0 unspecified atom stereocenters. The zero-order valence-corrected chi connectivity index (χ0v) is 21.2. The first-order valence-corrected chi connectivity index (χ1v) is 12.9. The molecule has 2 aliphatic heterocycles. The van der Waals surface area contributed by atoms with Crippen molar-refractivity contribution in [2.75, 3.05) is 13.2 Å². The maximum Gasteiger partial charge on any atom is 0.122 e. The zero-order chi connectivity index (χ0) is 23.7. The molecule has 3 nitrogen and oxygen atoms in total. The van der Waals surface area contributed by atoms with Crippen molar-refractivity contribution < 1.29 is 4.74 Å². The summed E-state index contributed by atoms with van der Waals surface area (Å²) in [6, 6.07) is 21.5. The fourth-order valence-electron chi connectivity index (χ4n) is 5.88. The van der Waals surface area contributed by atoms with Crippen molar-refractivity contribution in [2.45, 2.75) is 72.1 Å². The summed E-state index contributed by atoms with van der Waals surface area (Å²) in [5, 5.41) is 3.46. The third-order valence-corrected chi connectivity index (χ3v) is 8.01. The molecule has 0 spiro atoms. The molecular formula is C31H38N2O. The predicted molar refractivity (Wildman–Crippen MR) is 142 cm³/mol. The van der Waals surface area contributed by atoms with E-state index in [2.05, 4.69) is 92.5 Å². The number of fused-ring (bicyclic) bond motifs is 1. The summed E-state index contributed by atoms with van der Waals surface area (Å²) in [6.45, 7) is 13.0. The van der Waals surface area contributed by atoms with Crippen LogP contribution in [0.2, 0.25) is 0 Å². The molecule has 0 saturated carbocycles. The molecule has 2 aliphatic rings. The Labute approximate surface area is 205 Å². The Bertz CT molecular complexity index is 1160. The van der Waals surface area contributed by atoms with Gasteiger partial charge in [-0.3, -0.25) is 4.90 Å². The lowest BCUT2D eigenvalue weighted by atomic mass is 9.90. The van der Waals surface area contributed by atoms with Gasteiger partial charge in [-0.2, -0.15) is 0 Å². The molecule has 0 bridgehead atoms. The summed E-state index contributed by atoms with van der Waals surface area (Å²) in [5.41, 5.74) is 10.6. The first-order chi connectivity index (χ1) is 16.5. The molecule has 2 atom stereocenters. The summed E-state index contributed by atoms with van der Waals surface area (Å²) in [4.78, 5) is 2.64. The van der Waals surface area contributed by atoms with Crippen molar-refractivity contribution in [3.8, 4) is 28.0 Å². The van der Waals surface area contributed by atoms with Crippen molar-refractivity contribution in [2.24, 2.45) is 0 Å². The van der Waals surface area contributed by atoms with Gasteiger partial charge >= 0.3 is 0 Å². The van der Waals surface area contributed by atoms with Gasteiger partial charge in [-0.15, -0.1) is 0 Å². The number of nitrogens with one attached hydrogen (secondary N) is 1. The smallest absolute Gasteiger partial charge is 0.122 e. The minimum Gasteiger partial charge on any atom is -0.493 e. The molecule has 0 radical (unpaired) electrons. The zero-order valence-electron chi connectivity index (χ0n) is 21.2. The molecule has 34 heavy (non-hydrogen) atoms. The van der Waals surface area contributed by atoms with E-state index in [4.69, 9.17) is 4.74 Å². The van der Waals surface area contributed by atoms with E-state index in [9.17, 15) is 0 Å². The highest BCUT2D eigenvalue weighted by atomic mass is 16.5. The molecule has 3 aromatic carbocycles. The highest BCUT2D eigenvalue weighted by Gasteiger charge is 2.26. The Balaban J connectivity index is 1.33. The Kier molecular flexibility index (Phi) is 6.76. The molecule has 0 aromatic heterocycles. The average Bonchev–Trinajstić information content (AvgIpc) is 3.44. The van der Waals surface area contributed by atoms with Crippen LogP contribution in [0, 0.1) is 13.8 Å². The lowest BCUT2D eigenvalue weighted by Gasteiger charge is -2.25. The molecule has 2 heterocycles. The fourth-order valence-corrected chi connectivity index (χ4v) is 5.88. The van der Waals surface area contributed by atoms with Crippen LogP contribution in [-0.2, 0) is 13.1 Å². The lowest BCUT2D eigenvalue weighted by Crippen LogP contribution is -2.34. The minimum absolute atomic E-state index is 0.706. The number of rotatable bonds is 7. The van der Waals surface area contributed by atoms with E-state index in [1.165, 1.54) is 57.3 Å². The van der Waals surface area contributed by atoms with Gasteiger partial charge in [0.25, 0.3) is 0 Å². The van der Waals surface area contributed by atoms with Gasteiger partial charge in [0.1, 0.15) is 5.75 Å². The first-order valence-electron chi connectivity index (χ1n) is 12.9. The number of nitrogens with zero attached hydrogens (tertiary/aromatic N) is 1. The van der Waals surface area contributed by atoms with Gasteiger partial charge < -0.3 is 10.1 Å². The van der Waals surface area contributed by atoms with Crippen LogP contribution in [-0.4, -0.2) is 30.1 Å². The van der Waals surface area contributed by atoms with Crippen LogP contribution in [0.5, 0.6) is 5.75 Å². The van der Waals surface area contributed by atoms with Crippen LogP contribution < -0.4 is 10.1 Å². The van der Waals surface area contributed by atoms with Crippen molar-refractivity contribution in [1.82, 2.24) is 10.2 Å². The molecule has 5 rings (SSSR count). The summed E-state index contributed by atoms with van der Waals surface area (Å²) >= 11 is 0. The molecule has 3 aromatic rings. The maximum absolute atomic E-state index is 6.30. The molecule has 3 heteroatoms. The van der Waals surface area contributed by atoms with Gasteiger partial charge in [-0.25, -0.2) is 0 Å². The molecule has 178 valence electrons. The van der Waals surface area contributed by atoms with Crippen molar-refractivity contribution in [3.05, 3.63) is 76.9 Å². The number of likely N-dealkylation sites (tertiary alicyclic amines) is 1. The second kappa shape index (κ2) is 9.93. The number of hydrogen-bond acceptors (Lipinski definition) is 3. The Morgan fingerprint density at radius 1 is 0.824 bits per heavy atom. The highest BCUT2D eigenvalue weighted by Crippen LogP contribution is 2.37. The van der Waals surface area contributed by atoms with Gasteiger partial charge in [-0.1, -0.05) is 42.5 Å². The van der Waals surface area contributed by atoms with Gasteiger partial charge in [-0.05, 0) is 104 Å². The van der Waals surface area contributed by atoms with E-state index >= 15 is 0 Å². The molecule has 1 fully saturated rings. The third-order valence-electron chi connectivity index (χ3n) is 8.01. The van der Waals surface area contributed by atoms with Crippen LogP contribution in [0.25, 0.3) is 22.3 Å². The summed E-state index contributed by atoms with van der Waals surface area (Å²) in [6.07, 6.45) is 3.72. The first kappa shape index (κ1) is 23.1. The van der Waals surface area contributed by atoms with Crippen molar-refractivity contribution in [1.29, 1.82) is 0 Å². The van der Waals surface area contributed by atoms with Crippen LogP contribution in [0.15, 0.2) is 54.6 Å². The molecule has 1 N–H and O–H groups in total. The second-order valence-electron chi connectivity index (χ2n) is 10.2. The summed E-state index contributed by atoms with van der Waals surface area (Å²) in [5.74, 6) is 1.01. The van der Waals surface area contributed by atoms with Crippen LogP contribution in [0.1, 0.15) is 55.4 Å². The Morgan fingerprint density at radius 3 is 2.29 bits per heavy atom. The van der Waals surface area contributed by atoms with Crippen LogP contribution >= 0.6 is 0 Å². The van der Waals surface area contributed by atoms with E-state index in [1.807, 2.05) is 0 Å². The van der Waals surface area contributed by atoms with Crippen LogP contribution in [0.3, 0.4) is 0 Å². The van der Waals surface area contributed by atoms with E-state index in [0.29, 0.717) is 12.1 Å². The SMILES string of the molecule is Cc1c(OCCCN2[C@H](C)CC[C@H]2C)cccc1-c1cccc(-c2ccc3c(c2)CNC3)c1C. The monoisotopic (exact) mass is 454 g/mol. The molecule has 0 amide bonds. The highest BCUT2D eigenvalue weighted by molar-refractivity contribution is 5.80. The third kappa shape index (κ3) is 4.52. The Hall–Kier alpha value is -2.62. The quantitative estimate of drug-likeness (QED) is 0.394. The topological polar surface area (TPSA) is 24.5 Å². The van der Waals surface area contributed by atoms with E-state index in [1.54, 1.807) is 0 Å². The summed E-state index contributed by atoms with van der Waals surface area (Å²) < 4.78 is 6.30. The normalized spacial score (nSPS) is 20.0. The van der Waals surface area contributed by atoms with Gasteiger partial charge in [0.15, 0.2) is 0 Å². The average molecular weight is 455 g/mol. The molecule has 1 saturated heterocycles. The predicted octanol–water partition coefficient (Wildman–Crippen LogP) is 6.88. The largest absolute Gasteiger partial charge is 0.493 e. The van der Waals surface area contributed by atoms with Gasteiger partial charge in [0, 0.05) is 31.7 Å². The Morgan fingerprint density at radius 2 is 1.50 bits per heavy atom. The van der Waals surface area contributed by atoms with E-state index < -0.39 is 0 Å². The van der Waals surface area contributed by atoms with Crippen molar-refractivity contribution in [3.63, 3.8) is 0 Å². The van der Waals surface area contributed by atoms with E-state index in [0.717, 1.165) is 38.4 Å². The standard InChI is InChI=1S/C31H38N2O/c1-21-12-13-22(2)33(21)16-7-17-34-31-11-6-10-30(24(31)4)29-9-5-8-28(23(29)3)25-14-15-26-19-32-20-27(26)18-25/h5-6,8-11,14-15,18,21-22,32H,7,12-13,16-17,19-20H2,1-4H3/t21-,22-/m1/s1. The number of hydrogen-bond donors (Lipinski definition) is 1. The minimum atomic E-state index is 0.706. The number of ether oxygens (including phenoxy) is 1. The van der Waals surface area contributed by atoms with Crippen LogP contribution in [0.4, 0.5) is 0 Å². The molecule has 0 aliphatic carbocycles. The summed E-state index contributed by atoms with van der Waals surface area (Å²) in [7, 11) is 0. The molecular weight excluding hydrogens is 416 g/mol. The second-order valence-corrected chi connectivity index (χ2v) is 10.2. The van der Waals surface area contributed by atoms with Gasteiger partial charge in [0.05, 0.1) is 6.61 Å². The number of benzene rings is 3. The van der Waals surface area contributed by atoms with Crippen molar-refractivity contribution >= 4 is 0 Å².